The van der Waals surface area contributed by atoms with Crippen molar-refractivity contribution < 1.29 is 4.79 Å². The minimum Gasteiger partial charge on any atom is -0.383 e. The fourth-order valence-corrected chi connectivity index (χ4v) is 5.15. The molecule has 0 bridgehead atoms. The van der Waals surface area contributed by atoms with Gasteiger partial charge in [-0.2, -0.15) is 0 Å². The first-order valence-electron chi connectivity index (χ1n) is 10.1. The van der Waals surface area contributed by atoms with Crippen LogP contribution < -0.4 is 5.73 Å². The molecule has 0 unspecified atom stereocenters. The number of carbonyl (C=O) groups excluding carboxylic acids is 1. The van der Waals surface area contributed by atoms with Gasteiger partial charge < -0.3 is 10.6 Å². The number of nitrogen functional groups attached to an aromatic ring is 1. The fourth-order valence-electron chi connectivity index (χ4n) is 5.15. The minimum atomic E-state index is 0.202. The lowest BCUT2D eigenvalue weighted by Crippen LogP contribution is -2.43. The standard InChI is InChI=1S/C24H25N3O/c1-16(28)27-12-9-24(10-13-27)8-6-20-14-18(4-5-22(20)24)19-3-2-17-7-11-26-23(25)21(17)15-19/h2-5,7,11,14-15H,6,8-10,12-13H2,1H3,(H2,25,26). The van der Waals surface area contributed by atoms with Gasteiger partial charge in [-0.3, -0.25) is 4.79 Å². The molecule has 2 aromatic carbocycles. The Hall–Kier alpha value is -2.88. The summed E-state index contributed by atoms with van der Waals surface area (Å²) in [6, 6.07) is 15.4. The van der Waals surface area contributed by atoms with Crippen LogP contribution in [0.25, 0.3) is 21.9 Å². The van der Waals surface area contributed by atoms with E-state index in [-0.39, 0.29) is 11.3 Å². The highest BCUT2D eigenvalue weighted by Crippen LogP contribution is 2.47. The minimum absolute atomic E-state index is 0.202. The smallest absolute Gasteiger partial charge is 0.219 e. The Kier molecular flexibility index (Phi) is 3.90. The van der Waals surface area contributed by atoms with Gasteiger partial charge in [0.25, 0.3) is 0 Å². The molecule has 2 aliphatic rings. The van der Waals surface area contributed by atoms with E-state index in [0.29, 0.717) is 5.82 Å². The van der Waals surface area contributed by atoms with Gasteiger partial charge >= 0.3 is 0 Å². The summed E-state index contributed by atoms with van der Waals surface area (Å²) >= 11 is 0. The number of benzene rings is 2. The number of nitrogens with zero attached hydrogens (tertiary/aromatic N) is 2. The van der Waals surface area contributed by atoms with Gasteiger partial charge in [-0.05, 0) is 70.9 Å². The molecule has 0 saturated carbocycles. The molecule has 2 heterocycles. The van der Waals surface area contributed by atoms with Crippen LogP contribution >= 0.6 is 0 Å². The Morgan fingerprint density at radius 1 is 1.04 bits per heavy atom. The number of fused-ring (bicyclic) bond motifs is 3. The molecule has 3 aromatic rings. The molecule has 1 spiro atoms. The topological polar surface area (TPSA) is 59.2 Å². The van der Waals surface area contributed by atoms with Crippen molar-refractivity contribution >= 4 is 22.5 Å². The maximum atomic E-state index is 11.7. The van der Waals surface area contributed by atoms with Crippen molar-refractivity contribution in [1.82, 2.24) is 9.88 Å². The highest BCUT2D eigenvalue weighted by molar-refractivity contribution is 5.94. The predicted molar refractivity (Wildman–Crippen MR) is 113 cm³/mol. The second-order valence-corrected chi connectivity index (χ2v) is 8.29. The van der Waals surface area contributed by atoms with E-state index in [2.05, 4.69) is 41.4 Å². The number of anilines is 1. The van der Waals surface area contributed by atoms with Crippen LogP contribution in [0, 0.1) is 0 Å². The summed E-state index contributed by atoms with van der Waals surface area (Å²) < 4.78 is 0. The molecular weight excluding hydrogens is 346 g/mol. The van der Waals surface area contributed by atoms with E-state index >= 15 is 0 Å². The maximum absolute atomic E-state index is 11.7. The van der Waals surface area contributed by atoms with Crippen LogP contribution in [0.2, 0.25) is 0 Å². The molecular formula is C24H25N3O. The van der Waals surface area contributed by atoms with Crippen LogP contribution in [-0.2, 0) is 16.6 Å². The SMILES string of the molecule is CC(=O)N1CCC2(CCc3cc(-c4ccc5ccnc(N)c5c4)ccc32)CC1. The summed E-state index contributed by atoms with van der Waals surface area (Å²) in [5, 5.41) is 2.13. The summed E-state index contributed by atoms with van der Waals surface area (Å²) in [4.78, 5) is 17.9. The highest BCUT2D eigenvalue weighted by atomic mass is 16.2. The number of amides is 1. The third kappa shape index (κ3) is 2.67. The molecule has 1 aromatic heterocycles. The van der Waals surface area contributed by atoms with Crippen LogP contribution in [-0.4, -0.2) is 28.9 Å². The second-order valence-electron chi connectivity index (χ2n) is 8.29. The average molecular weight is 371 g/mol. The number of likely N-dealkylation sites (tertiary alicyclic amines) is 1. The number of nitrogens with two attached hydrogens (primary N) is 1. The lowest BCUT2D eigenvalue weighted by atomic mass is 9.73. The molecule has 1 aliphatic heterocycles. The quantitative estimate of drug-likeness (QED) is 0.693. The first-order valence-corrected chi connectivity index (χ1v) is 10.1. The largest absolute Gasteiger partial charge is 0.383 e. The first-order chi connectivity index (χ1) is 13.6. The number of pyridine rings is 1. The lowest BCUT2D eigenvalue weighted by molar-refractivity contribution is -0.130. The normalized spacial score (nSPS) is 17.8. The van der Waals surface area contributed by atoms with Crippen molar-refractivity contribution in [2.45, 2.75) is 38.0 Å². The van der Waals surface area contributed by atoms with Crippen LogP contribution in [0.3, 0.4) is 0 Å². The number of piperidine rings is 1. The van der Waals surface area contributed by atoms with Gasteiger partial charge in [0, 0.05) is 31.6 Å². The molecule has 1 amide bonds. The zero-order valence-corrected chi connectivity index (χ0v) is 16.2. The van der Waals surface area contributed by atoms with Gasteiger partial charge in [-0.15, -0.1) is 0 Å². The van der Waals surface area contributed by atoms with Crippen molar-refractivity contribution in [2.75, 3.05) is 18.8 Å². The molecule has 1 saturated heterocycles. The lowest BCUT2D eigenvalue weighted by Gasteiger charge is -2.40. The fraction of sp³-hybridized carbons (Fsp3) is 0.333. The van der Waals surface area contributed by atoms with E-state index in [9.17, 15) is 4.79 Å². The van der Waals surface area contributed by atoms with Gasteiger partial charge in [0.2, 0.25) is 5.91 Å². The zero-order chi connectivity index (χ0) is 19.3. The number of hydrogen-bond donors (Lipinski definition) is 1. The Morgan fingerprint density at radius 2 is 1.79 bits per heavy atom. The van der Waals surface area contributed by atoms with Crippen molar-refractivity contribution in [3.8, 4) is 11.1 Å². The summed E-state index contributed by atoms with van der Waals surface area (Å²) in [5.41, 5.74) is 11.7. The number of aromatic nitrogens is 1. The van der Waals surface area contributed by atoms with Crippen LogP contribution in [0.1, 0.15) is 37.3 Å². The molecule has 0 atom stereocenters. The molecule has 5 rings (SSSR count). The van der Waals surface area contributed by atoms with Crippen molar-refractivity contribution in [2.24, 2.45) is 0 Å². The molecule has 2 N–H and O–H groups in total. The molecule has 28 heavy (non-hydrogen) atoms. The van der Waals surface area contributed by atoms with Crippen LogP contribution in [0.5, 0.6) is 0 Å². The molecule has 4 heteroatoms. The van der Waals surface area contributed by atoms with Crippen molar-refractivity contribution in [3.63, 3.8) is 0 Å². The van der Waals surface area contributed by atoms with Crippen molar-refractivity contribution in [1.29, 1.82) is 0 Å². The molecule has 4 nitrogen and oxygen atoms in total. The molecule has 1 aliphatic carbocycles. The van der Waals surface area contributed by atoms with Gasteiger partial charge in [0.05, 0.1) is 0 Å². The third-order valence-electron chi connectivity index (χ3n) is 6.85. The Bertz CT molecular complexity index is 1080. The zero-order valence-electron chi connectivity index (χ0n) is 16.2. The van der Waals surface area contributed by atoms with Gasteiger partial charge in [-0.1, -0.05) is 30.3 Å². The van der Waals surface area contributed by atoms with Gasteiger partial charge in [-0.25, -0.2) is 4.98 Å². The number of hydrogen-bond acceptors (Lipinski definition) is 3. The summed E-state index contributed by atoms with van der Waals surface area (Å²) in [7, 11) is 0. The second kappa shape index (κ2) is 6.33. The van der Waals surface area contributed by atoms with Crippen molar-refractivity contribution in [3.05, 3.63) is 59.8 Å². The van der Waals surface area contributed by atoms with E-state index in [4.69, 9.17) is 5.73 Å². The van der Waals surface area contributed by atoms with E-state index in [0.717, 1.165) is 43.1 Å². The van der Waals surface area contributed by atoms with E-state index in [1.54, 1.807) is 13.1 Å². The molecule has 1 fully saturated rings. The number of aryl methyl sites for hydroxylation is 1. The van der Waals surface area contributed by atoms with Crippen LogP contribution in [0.15, 0.2) is 48.7 Å². The maximum Gasteiger partial charge on any atom is 0.219 e. The Labute approximate surface area is 165 Å². The van der Waals surface area contributed by atoms with E-state index < -0.39 is 0 Å². The summed E-state index contributed by atoms with van der Waals surface area (Å²) in [6.45, 7) is 3.44. The highest BCUT2D eigenvalue weighted by Gasteiger charge is 2.41. The average Bonchev–Trinajstić information content (AvgIpc) is 3.06. The summed E-state index contributed by atoms with van der Waals surface area (Å²) in [5.74, 6) is 0.783. The third-order valence-corrected chi connectivity index (χ3v) is 6.85. The number of carbonyl (C=O) groups is 1. The van der Waals surface area contributed by atoms with E-state index in [1.807, 2.05) is 11.0 Å². The number of rotatable bonds is 1. The predicted octanol–water partition coefficient (Wildman–Crippen LogP) is 4.31. The Balaban J connectivity index is 1.48. The monoisotopic (exact) mass is 371 g/mol. The summed E-state index contributed by atoms with van der Waals surface area (Å²) in [6.07, 6.45) is 6.24. The van der Waals surface area contributed by atoms with Gasteiger partial charge in [0.1, 0.15) is 5.82 Å². The van der Waals surface area contributed by atoms with Crippen LogP contribution in [0.4, 0.5) is 5.82 Å². The Morgan fingerprint density at radius 3 is 2.57 bits per heavy atom. The van der Waals surface area contributed by atoms with Gasteiger partial charge in [0.15, 0.2) is 0 Å². The van der Waals surface area contributed by atoms with E-state index in [1.165, 1.54) is 28.7 Å². The molecule has 142 valence electrons. The first kappa shape index (κ1) is 17.2. The molecule has 0 radical (unpaired) electrons.